The summed E-state index contributed by atoms with van der Waals surface area (Å²) in [5, 5.41) is 12.9. The van der Waals surface area contributed by atoms with E-state index in [9.17, 15) is 5.11 Å². The summed E-state index contributed by atoms with van der Waals surface area (Å²) >= 11 is 3.49. The molecule has 0 spiro atoms. The molecule has 0 aliphatic heterocycles. The van der Waals surface area contributed by atoms with Crippen LogP contribution in [-0.4, -0.2) is 11.7 Å². The van der Waals surface area contributed by atoms with Gasteiger partial charge in [0.1, 0.15) is 5.75 Å². The minimum Gasteiger partial charge on any atom is -0.508 e. The lowest BCUT2D eigenvalue weighted by Gasteiger charge is -2.38. The fraction of sp³-hybridized carbons (Fsp3) is 0.538. The van der Waals surface area contributed by atoms with Crippen molar-refractivity contribution in [3.8, 4) is 5.75 Å². The molecule has 0 radical (unpaired) electrons. The van der Waals surface area contributed by atoms with Crippen molar-refractivity contribution in [1.82, 2.24) is 5.32 Å². The lowest BCUT2D eigenvalue weighted by atomic mass is 9.70. The van der Waals surface area contributed by atoms with Crippen molar-refractivity contribution in [2.24, 2.45) is 5.41 Å². The van der Waals surface area contributed by atoms with Crippen LogP contribution in [0.15, 0.2) is 22.7 Å². The molecule has 1 aliphatic rings. The fourth-order valence-corrected chi connectivity index (χ4v) is 2.54. The van der Waals surface area contributed by atoms with Gasteiger partial charge >= 0.3 is 0 Å². The second kappa shape index (κ2) is 4.76. The maximum Gasteiger partial charge on any atom is 0.115 e. The molecule has 88 valence electrons. The molecule has 1 aromatic carbocycles. The molecule has 16 heavy (non-hydrogen) atoms. The van der Waals surface area contributed by atoms with Crippen molar-refractivity contribution >= 4 is 15.9 Å². The first-order chi connectivity index (χ1) is 7.59. The highest BCUT2D eigenvalue weighted by atomic mass is 79.9. The number of phenols is 1. The Morgan fingerprint density at radius 2 is 2.19 bits per heavy atom. The Labute approximate surface area is 105 Å². The SMILES string of the molecule is CC1(CNCc2cc(O)ccc2Br)CCC1. The highest BCUT2D eigenvalue weighted by Gasteiger charge is 2.30. The van der Waals surface area contributed by atoms with Gasteiger partial charge in [-0.3, -0.25) is 0 Å². The Kier molecular flexibility index (Phi) is 3.55. The molecule has 0 unspecified atom stereocenters. The van der Waals surface area contributed by atoms with E-state index in [1.165, 1.54) is 19.3 Å². The van der Waals surface area contributed by atoms with E-state index >= 15 is 0 Å². The van der Waals surface area contributed by atoms with Crippen LogP contribution in [0.2, 0.25) is 0 Å². The molecule has 2 nitrogen and oxygen atoms in total. The number of rotatable bonds is 4. The topological polar surface area (TPSA) is 32.3 Å². The first-order valence-corrected chi connectivity index (χ1v) is 6.56. The summed E-state index contributed by atoms with van der Waals surface area (Å²) in [4.78, 5) is 0. The van der Waals surface area contributed by atoms with Crippen molar-refractivity contribution in [3.63, 3.8) is 0 Å². The molecule has 1 aliphatic carbocycles. The largest absolute Gasteiger partial charge is 0.508 e. The van der Waals surface area contributed by atoms with E-state index in [1.54, 1.807) is 12.1 Å². The van der Waals surface area contributed by atoms with Gasteiger partial charge in [-0.15, -0.1) is 0 Å². The van der Waals surface area contributed by atoms with E-state index < -0.39 is 0 Å². The van der Waals surface area contributed by atoms with Gasteiger partial charge in [-0.05, 0) is 42.0 Å². The van der Waals surface area contributed by atoms with Crippen LogP contribution in [0.25, 0.3) is 0 Å². The van der Waals surface area contributed by atoms with Gasteiger partial charge in [0, 0.05) is 17.6 Å². The zero-order valence-electron chi connectivity index (χ0n) is 9.59. The highest BCUT2D eigenvalue weighted by Crippen LogP contribution is 2.39. The minimum absolute atomic E-state index is 0.329. The quantitative estimate of drug-likeness (QED) is 0.887. The number of nitrogens with one attached hydrogen (secondary N) is 1. The van der Waals surface area contributed by atoms with Crippen molar-refractivity contribution in [2.75, 3.05) is 6.54 Å². The second-order valence-electron chi connectivity index (χ2n) is 5.04. The minimum atomic E-state index is 0.329. The Balaban J connectivity index is 1.87. The van der Waals surface area contributed by atoms with Gasteiger partial charge < -0.3 is 10.4 Å². The number of hydrogen-bond acceptors (Lipinski definition) is 2. The zero-order chi connectivity index (χ0) is 11.6. The van der Waals surface area contributed by atoms with Crippen molar-refractivity contribution in [1.29, 1.82) is 0 Å². The smallest absolute Gasteiger partial charge is 0.115 e. The van der Waals surface area contributed by atoms with Crippen LogP contribution >= 0.6 is 15.9 Å². The lowest BCUT2D eigenvalue weighted by Crippen LogP contribution is -2.37. The number of halogens is 1. The fourth-order valence-electron chi connectivity index (χ4n) is 2.15. The van der Waals surface area contributed by atoms with E-state index in [-0.39, 0.29) is 0 Å². The van der Waals surface area contributed by atoms with Crippen LogP contribution in [0.1, 0.15) is 31.7 Å². The average molecular weight is 284 g/mol. The Hall–Kier alpha value is -0.540. The summed E-state index contributed by atoms with van der Waals surface area (Å²) in [6.45, 7) is 4.21. The maximum atomic E-state index is 9.41. The van der Waals surface area contributed by atoms with E-state index in [4.69, 9.17) is 0 Å². The molecule has 1 aromatic rings. The zero-order valence-corrected chi connectivity index (χ0v) is 11.2. The molecule has 1 saturated carbocycles. The Bertz CT molecular complexity index is 374. The maximum absolute atomic E-state index is 9.41. The summed E-state index contributed by atoms with van der Waals surface area (Å²) in [5.41, 5.74) is 1.62. The summed E-state index contributed by atoms with van der Waals surface area (Å²) in [6, 6.07) is 5.39. The van der Waals surface area contributed by atoms with Crippen LogP contribution in [0.5, 0.6) is 5.75 Å². The number of aromatic hydroxyl groups is 1. The molecule has 2 rings (SSSR count). The van der Waals surface area contributed by atoms with Gasteiger partial charge in [0.2, 0.25) is 0 Å². The van der Waals surface area contributed by atoms with Crippen LogP contribution in [0.3, 0.4) is 0 Å². The van der Waals surface area contributed by atoms with Gasteiger partial charge in [0.15, 0.2) is 0 Å². The molecule has 0 atom stereocenters. The third-order valence-corrected chi connectivity index (χ3v) is 4.23. The van der Waals surface area contributed by atoms with E-state index in [1.807, 2.05) is 6.07 Å². The Morgan fingerprint density at radius 3 is 2.81 bits per heavy atom. The third kappa shape index (κ3) is 2.77. The highest BCUT2D eigenvalue weighted by molar-refractivity contribution is 9.10. The van der Waals surface area contributed by atoms with Gasteiger partial charge in [0.25, 0.3) is 0 Å². The molecular weight excluding hydrogens is 266 g/mol. The first-order valence-electron chi connectivity index (χ1n) is 5.77. The number of hydrogen-bond donors (Lipinski definition) is 2. The lowest BCUT2D eigenvalue weighted by molar-refractivity contribution is 0.156. The van der Waals surface area contributed by atoms with Gasteiger partial charge in [0.05, 0.1) is 0 Å². The molecule has 0 heterocycles. The normalized spacial score (nSPS) is 18.1. The molecule has 0 amide bonds. The van der Waals surface area contributed by atoms with E-state index in [0.29, 0.717) is 11.2 Å². The summed E-state index contributed by atoms with van der Waals surface area (Å²) < 4.78 is 1.05. The van der Waals surface area contributed by atoms with Crippen LogP contribution < -0.4 is 5.32 Å². The summed E-state index contributed by atoms with van der Waals surface area (Å²) in [7, 11) is 0. The Morgan fingerprint density at radius 1 is 1.44 bits per heavy atom. The summed E-state index contributed by atoms with van der Waals surface area (Å²) in [5.74, 6) is 0.329. The second-order valence-corrected chi connectivity index (χ2v) is 5.90. The molecule has 0 saturated heterocycles. The molecule has 0 bridgehead atoms. The number of phenolic OH excluding ortho intramolecular Hbond substituents is 1. The van der Waals surface area contributed by atoms with E-state index in [0.717, 1.165) is 23.1 Å². The van der Waals surface area contributed by atoms with Crippen molar-refractivity contribution < 1.29 is 5.11 Å². The van der Waals surface area contributed by atoms with Gasteiger partial charge in [-0.25, -0.2) is 0 Å². The predicted octanol–water partition coefficient (Wildman–Crippen LogP) is 3.43. The van der Waals surface area contributed by atoms with Crippen LogP contribution in [-0.2, 0) is 6.54 Å². The predicted molar refractivity (Wildman–Crippen MR) is 69.5 cm³/mol. The standard InChI is InChI=1S/C13H18BrNO/c1-13(5-2-6-13)9-15-8-10-7-11(16)3-4-12(10)14/h3-4,7,15-16H,2,5-6,8-9H2,1H3. The molecule has 2 N–H and O–H groups in total. The van der Waals surface area contributed by atoms with Crippen LogP contribution in [0.4, 0.5) is 0 Å². The third-order valence-electron chi connectivity index (χ3n) is 3.46. The molecular formula is C13H18BrNO. The van der Waals surface area contributed by atoms with Gasteiger partial charge in [-0.1, -0.05) is 29.3 Å². The summed E-state index contributed by atoms with van der Waals surface area (Å²) in [6.07, 6.45) is 4.04. The monoisotopic (exact) mass is 283 g/mol. The first kappa shape index (κ1) is 11.9. The molecule has 1 fully saturated rings. The van der Waals surface area contributed by atoms with Crippen LogP contribution in [0, 0.1) is 5.41 Å². The van der Waals surface area contributed by atoms with Crippen molar-refractivity contribution in [2.45, 2.75) is 32.7 Å². The molecule has 0 aromatic heterocycles. The van der Waals surface area contributed by atoms with Gasteiger partial charge in [-0.2, -0.15) is 0 Å². The van der Waals surface area contributed by atoms with Crippen molar-refractivity contribution in [3.05, 3.63) is 28.2 Å². The number of benzene rings is 1. The van der Waals surface area contributed by atoms with E-state index in [2.05, 4.69) is 28.2 Å². The molecule has 3 heteroatoms. The average Bonchev–Trinajstić information content (AvgIpc) is 2.21.